The van der Waals surface area contributed by atoms with E-state index in [9.17, 15) is 9.59 Å². The van der Waals surface area contributed by atoms with E-state index in [4.69, 9.17) is 4.84 Å². The Morgan fingerprint density at radius 2 is 2.05 bits per heavy atom. The van der Waals surface area contributed by atoms with E-state index < -0.39 is 0 Å². The Kier molecular flexibility index (Phi) is 9.59. The summed E-state index contributed by atoms with van der Waals surface area (Å²) < 4.78 is 0. The number of carbonyl (C=O) groups is 2. The predicted molar refractivity (Wildman–Crippen MR) is 148 cm³/mol. The van der Waals surface area contributed by atoms with Gasteiger partial charge in [-0.05, 0) is 79.3 Å². The lowest BCUT2D eigenvalue weighted by Crippen LogP contribution is -2.51. The van der Waals surface area contributed by atoms with E-state index in [1.54, 1.807) is 18.4 Å². The number of tetrazole rings is 1. The monoisotopic (exact) mass is 555 g/mol. The molecule has 3 aromatic heterocycles. The van der Waals surface area contributed by atoms with E-state index in [0.29, 0.717) is 41.9 Å². The SMILES string of the molecule is CONC(=O)N(Cc1ccsc1)C1CCN([C@H](C)CCNC(=O)c2c(C)cc(-c3nnn(C)n3)nc2C)CC1. The van der Waals surface area contributed by atoms with Crippen LogP contribution in [0.3, 0.4) is 0 Å². The van der Waals surface area contributed by atoms with Crippen LogP contribution in [0.15, 0.2) is 22.9 Å². The van der Waals surface area contributed by atoms with Crippen molar-refractivity contribution in [3.63, 3.8) is 0 Å². The first-order chi connectivity index (χ1) is 18.8. The van der Waals surface area contributed by atoms with Crippen LogP contribution in [-0.2, 0) is 18.4 Å². The molecule has 3 aromatic rings. The smallest absolute Gasteiger partial charge is 0.341 e. The summed E-state index contributed by atoms with van der Waals surface area (Å²) >= 11 is 1.63. The number of urea groups is 1. The maximum absolute atomic E-state index is 13.0. The second-order valence-corrected chi connectivity index (χ2v) is 10.7. The zero-order chi connectivity index (χ0) is 27.9. The summed E-state index contributed by atoms with van der Waals surface area (Å²) in [5.74, 6) is 0.303. The molecule has 0 spiro atoms. The van der Waals surface area contributed by atoms with Crippen molar-refractivity contribution < 1.29 is 14.4 Å². The number of nitrogens with one attached hydrogen (secondary N) is 2. The lowest BCUT2D eigenvalue weighted by Gasteiger charge is -2.40. The number of hydrogen-bond acceptors (Lipinski definition) is 9. The van der Waals surface area contributed by atoms with Crippen molar-refractivity contribution >= 4 is 23.3 Å². The molecule has 0 aliphatic carbocycles. The zero-order valence-electron chi connectivity index (χ0n) is 23.2. The van der Waals surface area contributed by atoms with E-state index in [1.807, 2.05) is 36.3 Å². The third-order valence-corrected chi connectivity index (χ3v) is 7.89. The molecule has 4 rings (SSSR count). The molecule has 2 N–H and O–H groups in total. The molecule has 1 saturated heterocycles. The van der Waals surface area contributed by atoms with Crippen molar-refractivity contribution in [3.05, 3.63) is 45.3 Å². The van der Waals surface area contributed by atoms with Crippen LogP contribution < -0.4 is 10.8 Å². The fourth-order valence-corrected chi connectivity index (χ4v) is 5.73. The van der Waals surface area contributed by atoms with Crippen LogP contribution in [0.2, 0.25) is 0 Å². The first kappa shape index (κ1) is 28.6. The number of likely N-dealkylation sites (tertiary alicyclic amines) is 1. The summed E-state index contributed by atoms with van der Waals surface area (Å²) in [5, 5.41) is 19.2. The number of piperidine rings is 1. The first-order valence-corrected chi connectivity index (χ1v) is 14.1. The molecular formula is C26H37N9O3S. The molecule has 1 aliphatic heterocycles. The van der Waals surface area contributed by atoms with Gasteiger partial charge in [0.15, 0.2) is 0 Å². The highest BCUT2D eigenvalue weighted by atomic mass is 32.1. The Morgan fingerprint density at radius 1 is 1.28 bits per heavy atom. The summed E-state index contributed by atoms with van der Waals surface area (Å²) in [6, 6.07) is 4.10. The summed E-state index contributed by atoms with van der Waals surface area (Å²) in [7, 11) is 3.15. The van der Waals surface area contributed by atoms with Crippen LogP contribution in [0.5, 0.6) is 0 Å². The van der Waals surface area contributed by atoms with E-state index in [1.165, 1.54) is 11.9 Å². The molecule has 0 radical (unpaired) electrons. The third-order valence-electron chi connectivity index (χ3n) is 7.16. The molecule has 0 aromatic carbocycles. The fraction of sp³-hybridized carbons (Fsp3) is 0.538. The van der Waals surface area contributed by atoms with Crippen LogP contribution in [0.4, 0.5) is 4.79 Å². The lowest BCUT2D eigenvalue weighted by molar-refractivity contribution is 0.0565. The minimum absolute atomic E-state index is 0.129. The number of pyridine rings is 1. The van der Waals surface area contributed by atoms with Gasteiger partial charge in [-0.1, -0.05) is 0 Å². The van der Waals surface area contributed by atoms with E-state index >= 15 is 0 Å². The number of hydrogen-bond donors (Lipinski definition) is 2. The quantitative estimate of drug-likeness (QED) is 0.365. The van der Waals surface area contributed by atoms with Crippen LogP contribution in [0.1, 0.15) is 53.4 Å². The number of thiophene rings is 1. The van der Waals surface area contributed by atoms with Crippen molar-refractivity contribution in [2.45, 2.75) is 58.7 Å². The highest BCUT2D eigenvalue weighted by Gasteiger charge is 2.30. The Balaban J connectivity index is 1.27. The van der Waals surface area contributed by atoms with Gasteiger partial charge in [0, 0.05) is 38.3 Å². The number of carbonyl (C=O) groups excluding carboxylic acids is 2. The van der Waals surface area contributed by atoms with Gasteiger partial charge in [0.25, 0.3) is 5.91 Å². The molecule has 0 bridgehead atoms. The van der Waals surface area contributed by atoms with Gasteiger partial charge in [-0.15, -0.1) is 10.2 Å². The van der Waals surface area contributed by atoms with Crippen molar-refractivity contribution in [1.29, 1.82) is 0 Å². The molecule has 1 atom stereocenters. The van der Waals surface area contributed by atoms with Gasteiger partial charge in [0.1, 0.15) is 5.69 Å². The lowest BCUT2D eigenvalue weighted by atomic mass is 10.0. The van der Waals surface area contributed by atoms with Gasteiger partial charge in [-0.2, -0.15) is 16.1 Å². The molecule has 4 heterocycles. The van der Waals surface area contributed by atoms with E-state index in [0.717, 1.165) is 43.5 Å². The second kappa shape index (κ2) is 13.1. The minimum atomic E-state index is -0.209. The topological polar surface area (TPSA) is 130 Å². The average molecular weight is 556 g/mol. The van der Waals surface area contributed by atoms with Crippen LogP contribution in [0.25, 0.3) is 11.5 Å². The van der Waals surface area contributed by atoms with Crippen molar-refractivity contribution in [1.82, 2.24) is 45.8 Å². The van der Waals surface area contributed by atoms with Crippen LogP contribution in [0, 0.1) is 13.8 Å². The van der Waals surface area contributed by atoms with Gasteiger partial charge in [-0.3, -0.25) is 9.63 Å². The minimum Gasteiger partial charge on any atom is -0.352 e. The highest BCUT2D eigenvalue weighted by Crippen LogP contribution is 2.23. The Hall–Kier alpha value is -3.42. The number of rotatable bonds is 10. The predicted octanol–water partition coefficient (Wildman–Crippen LogP) is 2.70. The highest BCUT2D eigenvalue weighted by molar-refractivity contribution is 7.07. The number of nitrogens with zero attached hydrogens (tertiary/aromatic N) is 7. The Labute approximate surface area is 232 Å². The molecule has 3 amide bonds. The molecule has 1 fully saturated rings. The second-order valence-electron chi connectivity index (χ2n) is 9.92. The molecule has 12 nitrogen and oxygen atoms in total. The van der Waals surface area contributed by atoms with Gasteiger partial charge < -0.3 is 15.1 Å². The molecule has 0 saturated carbocycles. The Bertz CT molecular complexity index is 1230. The maximum atomic E-state index is 13.0. The van der Waals surface area contributed by atoms with E-state index in [-0.39, 0.29) is 18.0 Å². The summed E-state index contributed by atoms with van der Waals surface area (Å²) in [6.07, 6.45) is 2.59. The molecule has 210 valence electrons. The number of aromatic nitrogens is 5. The molecule has 0 unspecified atom stereocenters. The van der Waals surface area contributed by atoms with Crippen molar-refractivity contribution in [3.8, 4) is 11.5 Å². The largest absolute Gasteiger partial charge is 0.352 e. The molecule has 13 heteroatoms. The summed E-state index contributed by atoms with van der Waals surface area (Å²) in [5.41, 5.74) is 6.24. The van der Waals surface area contributed by atoms with Gasteiger partial charge >= 0.3 is 6.03 Å². The van der Waals surface area contributed by atoms with Crippen molar-refractivity contribution in [2.24, 2.45) is 7.05 Å². The standard InChI is InChI=1S/C26H37N9O3S/c1-17-14-22(24-29-32-33(4)30-24)28-19(3)23(17)25(36)27-10-6-18(2)34-11-7-21(8-12-34)35(26(37)31-38-5)15-20-9-13-39-16-20/h9,13-14,16,18,21H,6-8,10-12,15H2,1-5H3,(H,27,36)(H,31,37)/t18-/m1/s1. The zero-order valence-corrected chi connectivity index (χ0v) is 24.0. The fourth-order valence-electron chi connectivity index (χ4n) is 5.07. The first-order valence-electron chi connectivity index (χ1n) is 13.1. The molecule has 1 aliphatic rings. The van der Waals surface area contributed by atoms with E-state index in [2.05, 4.69) is 48.4 Å². The number of aryl methyl sites for hydroxylation is 3. The van der Waals surface area contributed by atoms with Gasteiger partial charge in [0.05, 0.1) is 25.4 Å². The summed E-state index contributed by atoms with van der Waals surface area (Å²) in [6.45, 7) is 8.81. The van der Waals surface area contributed by atoms with Crippen LogP contribution in [-0.4, -0.2) is 85.8 Å². The number of hydroxylamine groups is 1. The Morgan fingerprint density at radius 3 is 2.67 bits per heavy atom. The van der Waals surface area contributed by atoms with Crippen LogP contribution >= 0.6 is 11.3 Å². The molecule has 39 heavy (non-hydrogen) atoms. The van der Waals surface area contributed by atoms with Crippen molar-refractivity contribution in [2.75, 3.05) is 26.7 Å². The number of amides is 3. The average Bonchev–Trinajstić information content (AvgIpc) is 3.59. The van der Waals surface area contributed by atoms with Gasteiger partial charge in [-0.25, -0.2) is 15.3 Å². The molecular weight excluding hydrogens is 518 g/mol. The normalized spacial score (nSPS) is 15.2. The summed E-state index contributed by atoms with van der Waals surface area (Å²) in [4.78, 5) is 40.8. The maximum Gasteiger partial charge on any atom is 0.341 e. The van der Waals surface area contributed by atoms with Gasteiger partial charge in [0.2, 0.25) is 5.82 Å². The third kappa shape index (κ3) is 7.16.